The van der Waals surface area contributed by atoms with Crippen LogP contribution in [0.5, 0.6) is 23.5 Å². The minimum absolute atomic E-state index is 0.0479. The van der Waals surface area contributed by atoms with Crippen LogP contribution < -0.4 is 19.5 Å². The summed E-state index contributed by atoms with van der Waals surface area (Å²) in [6.07, 6.45) is 1.42. The molecule has 0 aromatic carbocycles. The zero-order valence-corrected chi connectivity index (χ0v) is 17.2. The molecule has 0 saturated carbocycles. The summed E-state index contributed by atoms with van der Waals surface area (Å²) in [7, 11) is 2.87. The van der Waals surface area contributed by atoms with Crippen LogP contribution in [0.1, 0.15) is 38.2 Å². The lowest BCUT2D eigenvalue weighted by Gasteiger charge is -2.22. The number of ether oxygens (including phenoxy) is 4. The van der Waals surface area contributed by atoms with Crippen LogP contribution in [-0.4, -0.2) is 52.7 Å². The first-order valence-electron chi connectivity index (χ1n) is 8.76. The fraction of sp³-hybridized carbons (Fsp3) is 0.421. The van der Waals surface area contributed by atoms with Crippen molar-refractivity contribution in [3.8, 4) is 23.5 Å². The van der Waals surface area contributed by atoms with Gasteiger partial charge in [0.05, 0.1) is 20.3 Å². The highest BCUT2D eigenvalue weighted by molar-refractivity contribution is 5.97. The highest BCUT2D eigenvalue weighted by Crippen LogP contribution is 2.25. The molecule has 156 valence electrons. The lowest BCUT2D eigenvalue weighted by molar-refractivity contribution is -0.156. The molecule has 1 N–H and O–H groups in total. The van der Waals surface area contributed by atoms with Crippen LogP contribution in [0.4, 0.5) is 0 Å². The van der Waals surface area contributed by atoms with E-state index in [9.17, 15) is 9.59 Å². The SMILES string of the molecule is COc1cc(OC)nc(Oc2cccnc2C(=O)N[C@@H](C)C(=O)OC(C)(C)C)n1. The van der Waals surface area contributed by atoms with E-state index in [1.165, 1.54) is 39.5 Å². The summed E-state index contributed by atoms with van der Waals surface area (Å²) in [6.45, 7) is 6.75. The smallest absolute Gasteiger partial charge is 0.328 e. The zero-order valence-electron chi connectivity index (χ0n) is 17.2. The quantitative estimate of drug-likeness (QED) is 0.692. The maximum absolute atomic E-state index is 12.6. The molecular formula is C19H24N4O6. The lowest BCUT2D eigenvalue weighted by atomic mass is 10.2. The molecule has 2 aromatic rings. The number of nitrogens with one attached hydrogen (secondary N) is 1. The van der Waals surface area contributed by atoms with Gasteiger partial charge in [0.2, 0.25) is 11.8 Å². The number of hydrogen-bond donors (Lipinski definition) is 1. The van der Waals surface area contributed by atoms with E-state index in [-0.39, 0.29) is 29.2 Å². The topological polar surface area (TPSA) is 122 Å². The van der Waals surface area contributed by atoms with Gasteiger partial charge in [-0.2, -0.15) is 9.97 Å². The Morgan fingerprint density at radius 2 is 1.72 bits per heavy atom. The van der Waals surface area contributed by atoms with E-state index in [4.69, 9.17) is 18.9 Å². The Kier molecular flexibility index (Phi) is 6.92. The third-order valence-corrected chi connectivity index (χ3v) is 3.37. The molecule has 0 bridgehead atoms. The van der Waals surface area contributed by atoms with Gasteiger partial charge in [0.15, 0.2) is 11.4 Å². The van der Waals surface area contributed by atoms with Crippen LogP contribution >= 0.6 is 0 Å². The maximum atomic E-state index is 12.6. The second kappa shape index (κ2) is 9.18. The molecule has 0 spiro atoms. The average molecular weight is 404 g/mol. The van der Waals surface area contributed by atoms with Crippen molar-refractivity contribution in [1.29, 1.82) is 0 Å². The van der Waals surface area contributed by atoms with Crippen molar-refractivity contribution in [1.82, 2.24) is 20.3 Å². The van der Waals surface area contributed by atoms with E-state index >= 15 is 0 Å². The molecule has 0 saturated heterocycles. The molecule has 1 amide bonds. The molecule has 2 heterocycles. The van der Waals surface area contributed by atoms with Crippen LogP contribution in [0.15, 0.2) is 24.4 Å². The lowest BCUT2D eigenvalue weighted by Crippen LogP contribution is -2.42. The molecule has 0 aliphatic heterocycles. The summed E-state index contributed by atoms with van der Waals surface area (Å²) in [5.74, 6) is -0.642. The van der Waals surface area contributed by atoms with Gasteiger partial charge in [0.25, 0.3) is 5.91 Å². The van der Waals surface area contributed by atoms with Gasteiger partial charge >= 0.3 is 12.0 Å². The number of nitrogens with zero attached hydrogens (tertiary/aromatic N) is 3. The Labute approximate surface area is 168 Å². The van der Waals surface area contributed by atoms with Crippen LogP contribution in [-0.2, 0) is 9.53 Å². The number of hydrogen-bond acceptors (Lipinski definition) is 9. The second-order valence-corrected chi connectivity index (χ2v) is 6.92. The van der Waals surface area contributed by atoms with E-state index in [0.29, 0.717) is 0 Å². The number of methoxy groups -OCH3 is 2. The van der Waals surface area contributed by atoms with E-state index in [0.717, 1.165) is 0 Å². The summed E-state index contributed by atoms with van der Waals surface area (Å²) in [4.78, 5) is 36.9. The van der Waals surface area contributed by atoms with E-state index in [2.05, 4.69) is 20.3 Å². The number of carbonyl (C=O) groups excluding carboxylic acids is 2. The molecule has 0 aliphatic carbocycles. The number of rotatable bonds is 7. The number of amides is 1. The molecule has 0 radical (unpaired) electrons. The standard InChI is InChI=1S/C19H24N4O6/c1-11(17(25)29-19(2,3)4)21-16(24)15-12(8-7-9-20-15)28-18-22-13(26-5)10-14(23-18)27-6/h7-11H,1-6H3,(H,21,24)/t11-/m0/s1. The minimum Gasteiger partial charge on any atom is -0.481 e. The van der Waals surface area contributed by atoms with Crippen molar-refractivity contribution in [3.05, 3.63) is 30.1 Å². The third-order valence-electron chi connectivity index (χ3n) is 3.37. The Bertz CT molecular complexity index is 859. The van der Waals surface area contributed by atoms with Gasteiger partial charge in [0.1, 0.15) is 11.6 Å². The first kappa shape index (κ1) is 21.9. The summed E-state index contributed by atoms with van der Waals surface area (Å²) in [5.41, 5.74) is -0.716. The minimum atomic E-state index is -0.884. The van der Waals surface area contributed by atoms with Gasteiger partial charge in [-0.3, -0.25) is 4.79 Å². The van der Waals surface area contributed by atoms with Crippen LogP contribution in [0.2, 0.25) is 0 Å². The van der Waals surface area contributed by atoms with E-state index < -0.39 is 23.5 Å². The van der Waals surface area contributed by atoms with Crippen molar-refractivity contribution in [2.45, 2.75) is 39.3 Å². The monoisotopic (exact) mass is 404 g/mol. The number of pyridine rings is 1. The normalized spacial score (nSPS) is 11.9. The molecule has 10 nitrogen and oxygen atoms in total. The molecule has 0 fully saturated rings. The highest BCUT2D eigenvalue weighted by atomic mass is 16.6. The van der Waals surface area contributed by atoms with Crippen molar-refractivity contribution in [3.63, 3.8) is 0 Å². The molecule has 0 unspecified atom stereocenters. The van der Waals surface area contributed by atoms with Gasteiger partial charge in [-0.05, 0) is 39.8 Å². The first-order valence-corrected chi connectivity index (χ1v) is 8.76. The van der Waals surface area contributed by atoms with Gasteiger partial charge in [-0.1, -0.05) is 0 Å². The fourth-order valence-electron chi connectivity index (χ4n) is 2.09. The van der Waals surface area contributed by atoms with Crippen molar-refractivity contribution in [2.24, 2.45) is 0 Å². The molecule has 0 aliphatic rings. The molecule has 1 atom stereocenters. The highest BCUT2D eigenvalue weighted by Gasteiger charge is 2.25. The zero-order chi connectivity index (χ0) is 21.6. The van der Waals surface area contributed by atoms with Gasteiger partial charge < -0.3 is 24.3 Å². The van der Waals surface area contributed by atoms with Gasteiger partial charge in [-0.25, -0.2) is 9.78 Å². The van der Waals surface area contributed by atoms with E-state index in [1.54, 1.807) is 26.8 Å². The average Bonchev–Trinajstić information content (AvgIpc) is 2.66. The van der Waals surface area contributed by atoms with Crippen LogP contribution in [0.25, 0.3) is 0 Å². The van der Waals surface area contributed by atoms with E-state index in [1.807, 2.05) is 0 Å². The fourth-order valence-corrected chi connectivity index (χ4v) is 2.09. The first-order chi connectivity index (χ1) is 13.6. The third kappa shape index (κ3) is 6.30. The number of aromatic nitrogens is 3. The van der Waals surface area contributed by atoms with Crippen molar-refractivity contribution >= 4 is 11.9 Å². The van der Waals surface area contributed by atoms with Crippen molar-refractivity contribution < 1.29 is 28.5 Å². The summed E-state index contributed by atoms with van der Waals surface area (Å²) >= 11 is 0. The predicted octanol–water partition coefficient (Wildman–Crippen LogP) is 2.14. The Morgan fingerprint density at radius 3 is 2.28 bits per heavy atom. The van der Waals surface area contributed by atoms with Crippen LogP contribution in [0.3, 0.4) is 0 Å². The second-order valence-electron chi connectivity index (χ2n) is 6.92. The van der Waals surface area contributed by atoms with Crippen LogP contribution in [0, 0.1) is 0 Å². The van der Waals surface area contributed by atoms with Gasteiger partial charge in [0, 0.05) is 6.20 Å². The molecular weight excluding hydrogens is 380 g/mol. The molecule has 2 aromatic heterocycles. The summed E-state index contributed by atoms with van der Waals surface area (Å²) in [6, 6.07) is 3.61. The number of esters is 1. The molecule has 2 rings (SSSR count). The molecule has 29 heavy (non-hydrogen) atoms. The Morgan fingerprint density at radius 1 is 1.10 bits per heavy atom. The van der Waals surface area contributed by atoms with Crippen molar-refractivity contribution in [2.75, 3.05) is 14.2 Å². The predicted molar refractivity (Wildman–Crippen MR) is 102 cm³/mol. The Balaban J connectivity index is 2.20. The maximum Gasteiger partial charge on any atom is 0.328 e. The summed E-state index contributed by atoms with van der Waals surface area (Å²) < 4.78 is 21.0. The number of carbonyl (C=O) groups is 2. The van der Waals surface area contributed by atoms with Gasteiger partial charge in [-0.15, -0.1) is 0 Å². The Hall–Kier alpha value is -3.43. The summed E-state index contributed by atoms with van der Waals surface area (Å²) in [5, 5.41) is 2.54. The largest absolute Gasteiger partial charge is 0.481 e. The molecule has 10 heteroatoms.